The fourth-order valence-electron chi connectivity index (χ4n) is 2.01. The predicted molar refractivity (Wildman–Crippen MR) is 85.1 cm³/mol. The zero-order valence-electron chi connectivity index (χ0n) is 12.6. The highest BCUT2D eigenvalue weighted by atomic mass is 16.5. The number of esters is 1. The van der Waals surface area contributed by atoms with Crippen LogP contribution in [0.1, 0.15) is 20.7 Å². The van der Waals surface area contributed by atoms with Gasteiger partial charge in [-0.3, -0.25) is 9.59 Å². The highest BCUT2D eigenvalue weighted by Gasteiger charge is 2.21. The average molecular weight is 312 g/mol. The van der Waals surface area contributed by atoms with Crippen molar-refractivity contribution in [2.75, 3.05) is 18.6 Å². The summed E-state index contributed by atoms with van der Waals surface area (Å²) < 4.78 is 4.78. The normalized spacial score (nSPS) is 9.96. The molecule has 2 rings (SSSR count). The number of primary amides is 1. The topological polar surface area (TPSA) is 89.7 Å². The number of carbonyl (C=O) groups excluding carboxylic acids is 3. The van der Waals surface area contributed by atoms with Crippen molar-refractivity contribution in [1.29, 1.82) is 0 Å². The highest BCUT2D eigenvalue weighted by Crippen LogP contribution is 2.18. The van der Waals surface area contributed by atoms with E-state index in [-0.39, 0.29) is 17.0 Å². The molecule has 2 amide bonds. The lowest BCUT2D eigenvalue weighted by Crippen LogP contribution is -2.28. The number of hydrogen-bond donors (Lipinski definition) is 1. The number of benzene rings is 2. The molecule has 0 spiro atoms. The Balaban J connectivity index is 2.27. The zero-order valence-corrected chi connectivity index (χ0v) is 12.6. The van der Waals surface area contributed by atoms with Crippen molar-refractivity contribution >= 4 is 23.5 Å². The molecule has 6 nitrogen and oxygen atoms in total. The number of nitrogens with two attached hydrogens (primary N) is 1. The van der Waals surface area contributed by atoms with Crippen LogP contribution in [0.3, 0.4) is 0 Å². The third-order valence-electron chi connectivity index (χ3n) is 3.17. The van der Waals surface area contributed by atoms with Gasteiger partial charge in [0.05, 0.1) is 11.1 Å². The molecule has 0 heterocycles. The number of nitrogens with zero attached hydrogens (tertiary/aromatic N) is 1. The minimum atomic E-state index is -0.769. The summed E-state index contributed by atoms with van der Waals surface area (Å²) in [6, 6.07) is 15.3. The molecule has 2 aromatic carbocycles. The molecule has 23 heavy (non-hydrogen) atoms. The van der Waals surface area contributed by atoms with Gasteiger partial charge >= 0.3 is 5.97 Å². The molecule has 0 aliphatic heterocycles. The van der Waals surface area contributed by atoms with Gasteiger partial charge in [0, 0.05) is 12.7 Å². The number of carbonyl (C=O) groups is 3. The molecule has 2 aromatic rings. The number of para-hydroxylation sites is 1. The second-order valence-electron chi connectivity index (χ2n) is 4.79. The van der Waals surface area contributed by atoms with E-state index < -0.39 is 18.5 Å². The van der Waals surface area contributed by atoms with Gasteiger partial charge in [-0.1, -0.05) is 30.3 Å². The minimum Gasteiger partial charge on any atom is -0.452 e. The van der Waals surface area contributed by atoms with Crippen LogP contribution in [0.5, 0.6) is 0 Å². The quantitative estimate of drug-likeness (QED) is 0.849. The van der Waals surface area contributed by atoms with Gasteiger partial charge in [0.25, 0.3) is 11.8 Å². The molecule has 0 saturated carbocycles. The first kappa shape index (κ1) is 16.2. The van der Waals surface area contributed by atoms with Crippen LogP contribution in [-0.2, 0) is 9.53 Å². The number of anilines is 1. The van der Waals surface area contributed by atoms with E-state index in [4.69, 9.17) is 10.5 Å². The summed E-state index contributed by atoms with van der Waals surface area (Å²) in [7, 11) is 1.61. The predicted octanol–water partition coefficient (Wildman–Crippen LogP) is 1.61. The van der Waals surface area contributed by atoms with Crippen LogP contribution in [0.2, 0.25) is 0 Å². The van der Waals surface area contributed by atoms with E-state index in [0.717, 1.165) is 0 Å². The Morgan fingerprint density at radius 1 is 0.957 bits per heavy atom. The summed E-state index contributed by atoms with van der Waals surface area (Å²) in [6.45, 7) is -0.532. The monoisotopic (exact) mass is 312 g/mol. The molecular formula is C17H16N2O4. The lowest BCUT2D eigenvalue weighted by Gasteiger charge is -2.18. The van der Waals surface area contributed by atoms with E-state index in [9.17, 15) is 14.4 Å². The van der Waals surface area contributed by atoms with Crippen molar-refractivity contribution in [1.82, 2.24) is 0 Å². The van der Waals surface area contributed by atoms with E-state index in [1.807, 2.05) is 18.2 Å². The molecule has 0 radical (unpaired) electrons. The molecule has 0 aliphatic carbocycles. The number of amides is 2. The van der Waals surface area contributed by atoms with Crippen LogP contribution in [-0.4, -0.2) is 31.4 Å². The molecule has 0 saturated heterocycles. The minimum absolute atomic E-state index is 0.0848. The molecule has 0 fully saturated rings. The third kappa shape index (κ3) is 3.94. The number of rotatable bonds is 5. The molecule has 0 bridgehead atoms. The van der Waals surface area contributed by atoms with Crippen LogP contribution in [0.15, 0.2) is 54.6 Å². The van der Waals surface area contributed by atoms with E-state index in [1.165, 1.54) is 17.0 Å². The van der Waals surface area contributed by atoms with Gasteiger partial charge in [-0.15, -0.1) is 0 Å². The molecular weight excluding hydrogens is 296 g/mol. The van der Waals surface area contributed by atoms with E-state index >= 15 is 0 Å². The molecule has 0 aliphatic rings. The first-order chi connectivity index (χ1) is 11.0. The molecule has 0 aromatic heterocycles. The van der Waals surface area contributed by atoms with Crippen LogP contribution in [0.25, 0.3) is 0 Å². The fourth-order valence-corrected chi connectivity index (χ4v) is 2.01. The molecule has 2 N–H and O–H groups in total. The van der Waals surface area contributed by atoms with Gasteiger partial charge in [-0.2, -0.15) is 0 Å². The number of ether oxygens (including phenoxy) is 1. The van der Waals surface area contributed by atoms with Gasteiger partial charge in [-0.25, -0.2) is 4.79 Å². The first-order valence-electron chi connectivity index (χ1n) is 6.88. The maximum Gasteiger partial charge on any atom is 0.339 e. The van der Waals surface area contributed by atoms with Gasteiger partial charge in [-0.05, 0) is 24.3 Å². The van der Waals surface area contributed by atoms with E-state index in [2.05, 4.69) is 0 Å². The Bertz CT molecular complexity index is 728. The van der Waals surface area contributed by atoms with Crippen molar-refractivity contribution < 1.29 is 19.1 Å². The second-order valence-corrected chi connectivity index (χ2v) is 4.79. The summed E-state index contributed by atoms with van der Waals surface area (Å²) >= 11 is 0. The van der Waals surface area contributed by atoms with Crippen molar-refractivity contribution in [2.24, 2.45) is 5.73 Å². The number of hydrogen-bond acceptors (Lipinski definition) is 4. The largest absolute Gasteiger partial charge is 0.452 e. The van der Waals surface area contributed by atoms with Crippen molar-refractivity contribution in [3.63, 3.8) is 0 Å². The Kier molecular flexibility index (Phi) is 5.09. The summed E-state index contributed by atoms with van der Waals surface area (Å²) in [6.07, 6.45) is 0. The van der Waals surface area contributed by atoms with Crippen LogP contribution < -0.4 is 10.6 Å². The van der Waals surface area contributed by atoms with Crippen LogP contribution in [0.4, 0.5) is 5.69 Å². The third-order valence-corrected chi connectivity index (χ3v) is 3.17. The molecule has 0 unspecified atom stereocenters. The van der Waals surface area contributed by atoms with Gasteiger partial charge in [0.15, 0.2) is 6.61 Å². The first-order valence-corrected chi connectivity index (χ1v) is 6.88. The summed E-state index contributed by atoms with van der Waals surface area (Å²) in [4.78, 5) is 36.8. The average Bonchev–Trinajstić information content (AvgIpc) is 2.59. The summed E-state index contributed by atoms with van der Waals surface area (Å²) in [5.74, 6) is -1.89. The maximum absolute atomic E-state index is 12.6. The standard InChI is InChI=1S/C17H16N2O4/c1-19(12-7-3-2-4-8-12)16(21)13-9-5-6-10-14(13)17(22)23-11-15(18)20/h2-10H,11H2,1H3,(H2,18,20). The van der Waals surface area contributed by atoms with E-state index in [1.54, 1.807) is 31.3 Å². The van der Waals surface area contributed by atoms with Crippen LogP contribution >= 0.6 is 0 Å². The van der Waals surface area contributed by atoms with Crippen LogP contribution in [0, 0.1) is 0 Å². The second kappa shape index (κ2) is 7.22. The zero-order chi connectivity index (χ0) is 16.8. The van der Waals surface area contributed by atoms with E-state index in [0.29, 0.717) is 5.69 Å². The van der Waals surface area contributed by atoms with Gasteiger partial charge in [0.2, 0.25) is 0 Å². The maximum atomic E-state index is 12.6. The SMILES string of the molecule is CN(C(=O)c1ccccc1C(=O)OCC(N)=O)c1ccccc1. The van der Waals surface area contributed by atoms with Gasteiger partial charge in [0.1, 0.15) is 0 Å². The van der Waals surface area contributed by atoms with Crippen molar-refractivity contribution in [2.45, 2.75) is 0 Å². The molecule has 118 valence electrons. The Morgan fingerprint density at radius 3 is 2.13 bits per heavy atom. The molecule has 6 heteroatoms. The van der Waals surface area contributed by atoms with Crippen molar-refractivity contribution in [3.8, 4) is 0 Å². The summed E-state index contributed by atoms with van der Waals surface area (Å²) in [5, 5.41) is 0. The Morgan fingerprint density at radius 2 is 1.52 bits per heavy atom. The highest BCUT2D eigenvalue weighted by molar-refractivity contribution is 6.12. The molecule has 0 atom stereocenters. The van der Waals surface area contributed by atoms with Gasteiger partial charge < -0.3 is 15.4 Å². The lowest BCUT2D eigenvalue weighted by atomic mass is 10.1. The summed E-state index contributed by atoms with van der Waals surface area (Å²) in [5.41, 5.74) is 5.92. The lowest BCUT2D eigenvalue weighted by molar-refractivity contribution is -0.121. The smallest absolute Gasteiger partial charge is 0.339 e. The van der Waals surface area contributed by atoms with Crippen molar-refractivity contribution in [3.05, 3.63) is 65.7 Å². The fraction of sp³-hybridized carbons (Fsp3) is 0.118. The Hall–Kier alpha value is -3.15. The Labute approximate surface area is 133 Å².